The maximum Gasteiger partial charge on any atom is 0.0357 e. The predicted octanol–water partition coefficient (Wildman–Crippen LogP) is 2.63. The van der Waals surface area contributed by atoms with E-state index in [9.17, 15) is 0 Å². The molecule has 0 saturated carbocycles. The highest BCUT2D eigenvalue weighted by atomic mass is 32.2. The Morgan fingerprint density at radius 2 is 1.92 bits per heavy atom. The molecule has 1 atom stereocenters. The number of hydrogen-bond donors (Lipinski definition) is 0. The number of hydrogen-bond acceptors (Lipinski definition) is 2. The van der Waals surface area contributed by atoms with Gasteiger partial charge in [-0.1, -0.05) is 26.8 Å². The highest BCUT2D eigenvalue weighted by molar-refractivity contribution is 8.01. The Hall–Kier alpha value is 0.0500. The summed E-state index contributed by atoms with van der Waals surface area (Å²) in [7, 11) is 4.19. The van der Waals surface area contributed by atoms with Gasteiger partial charge in [-0.05, 0) is 14.1 Å². The van der Waals surface area contributed by atoms with Crippen molar-refractivity contribution in [2.45, 2.75) is 30.8 Å². The second-order valence-electron chi connectivity index (χ2n) is 4.27. The van der Waals surface area contributed by atoms with Crippen molar-refractivity contribution in [3.63, 3.8) is 0 Å². The standard InChI is InChI=1S/C10H21NS/c1-7-9(8-11(5)6)12-10(2,3)4/h7,9H,1,8H2,2-6H3/t9-/m1/s1. The fourth-order valence-electron chi connectivity index (χ4n) is 0.974. The van der Waals surface area contributed by atoms with Gasteiger partial charge in [0.1, 0.15) is 0 Å². The summed E-state index contributed by atoms with van der Waals surface area (Å²) in [4.78, 5) is 2.20. The Balaban J connectivity index is 3.92. The third kappa shape index (κ3) is 6.74. The van der Waals surface area contributed by atoms with Crippen molar-refractivity contribution in [3.8, 4) is 0 Å². The van der Waals surface area contributed by atoms with Gasteiger partial charge in [-0.25, -0.2) is 0 Å². The molecular formula is C10H21NS. The zero-order chi connectivity index (χ0) is 9.78. The van der Waals surface area contributed by atoms with Gasteiger partial charge in [0, 0.05) is 16.5 Å². The van der Waals surface area contributed by atoms with Crippen LogP contribution in [-0.2, 0) is 0 Å². The molecule has 0 N–H and O–H groups in total. The summed E-state index contributed by atoms with van der Waals surface area (Å²) in [5.74, 6) is 0. The highest BCUT2D eigenvalue weighted by Gasteiger charge is 2.16. The number of thioether (sulfide) groups is 1. The lowest BCUT2D eigenvalue weighted by Crippen LogP contribution is -2.25. The Kier molecular flexibility index (Phi) is 4.95. The first kappa shape index (κ1) is 12.0. The predicted molar refractivity (Wildman–Crippen MR) is 59.9 cm³/mol. The van der Waals surface area contributed by atoms with E-state index >= 15 is 0 Å². The van der Waals surface area contributed by atoms with Gasteiger partial charge in [0.2, 0.25) is 0 Å². The lowest BCUT2D eigenvalue weighted by Gasteiger charge is -2.25. The van der Waals surface area contributed by atoms with E-state index in [-0.39, 0.29) is 0 Å². The van der Waals surface area contributed by atoms with Crippen LogP contribution in [0.25, 0.3) is 0 Å². The fraction of sp³-hybridized carbons (Fsp3) is 0.800. The Morgan fingerprint density at radius 1 is 1.42 bits per heavy atom. The van der Waals surface area contributed by atoms with Crippen molar-refractivity contribution in [2.75, 3.05) is 20.6 Å². The molecule has 0 aliphatic heterocycles. The molecule has 0 aromatic carbocycles. The Morgan fingerprint density at radius 3 is 2.17 bits per heavy atom. The molecule has 0 aromatic rings. The smallest absolute Gasteiger partial charge is 0.0357 e. The van der Waals surface area contributed by atoms with Crippen molar-refractivity contribution in [3.05, 3.63) is 12.7 Å². The lowest BCUT2D eigenvalue weighted by atomic mass is 10.3. The fourth-order valence-corrected chi connectivity index (χ4v) is 2.35. The minimum Gasteiger partial charge on any atom is -0.308 e. The van der Waals surface area contributed by atoms with E-state index < -0.39 is 0 Å². The molecule has 0 fully saturated rings. The molecule has 0 bridgehead atoms. The summed E-state index contributed by atoms with van der Waals surface area (Å²) in [5, 5.41) is 0.542. The average Bonchev–Trinajstić information content (AvgIpc) is 1.82. The zero-order valence-corrected chi connectivity index (χ0v) is 9.74. The third-order valence-corrected chi connectivity index (χ3v) is 2.66. The van der Waals surface area contributed by atoms with Gasteiger partial charge in [0.25, 0.3) is 0 Å². The second kappa shape index (κ2) is 4.93. The topological polar surface area (TPSA) is 3.24 Å². The molecule has 0 rings (SSSR count). The molecule has 12 heavy (non-hydrogen) atoms. The van der Waals surface area contributed by atoms with E-state index in [1.165, 1.54) is 0 Å². The van der Waals surface area contributed by atoms with Crippen molar-refractivity contribution < 1.29 is 0 Å². The molecule has 0 aromatic heterocycles. The van der Waals surface area contributed by atoms with Crippen LogP contribution < -0.4 is 0 Å². The average molecular weight is 187 g/mol. The molecule has 0 aliphatic carbocycles. The first-order valence-electron chi connectivity index (χ1n) is 4.30. The van der Waals surface area contributed by atoms with Crippen molar-refractivity contribution in [1.82, 2.24) is 4.90 Å². The van der Waals surface area contributed by atoms with Crippen LogP contribution in [0.5, 0.6) is 0 Å². The quantitative estimate of drug-likeness (QED) is 0.622. The number of rotatable bonds is 4. The van der Waals surface area contributed by atoms with Gasteiger partial charge in [-0.3, -0.25) is 0 Å². The van der Waals surface area contributed by atoms with Crippen LogP contribution in [0.4, 0.5) is 0 Å². The van der Waals surface area contributed by atoms with Crippen LogP contribution in [0, 0.1) is 0 Å². The minimum atomic E-state index is 0.328. The van der Waals surface area contributed by atoms with Gasteiger partial charge < -0.3 is 4.90 Å². The molecule has 0 amide bonds. The van der Waals surface area contributed by atoms with Gasteiger partial charge >= 0.3 is 0 Å². The van der Waals surface area contributed by atoms with Crippen molar-refractivity contribution >= 4 is 11.8 Å². The van der Waals surface area contributed by atoms with Crippen LogP contribution in [0.3, 0.4) is 0 Å². The number of nitrogens with zero attached hydrogens (tertiary/aromatic N) is 1. The first-order valence-corrected chi connectivity index (χ1v) is 5.18. The molecule has 0 saturated heterocycles. The van der Waals surface area contributed by atoms with Crippen LogP contribution in [-0.4, -0.2) is 35.5 Å². The molecular weight excluding hydrogens is 166 g/mol. The maximum absolute atomic E-state index is 3.85. The second-order valence-corrected chi connectivity index (χ2v) is 6.33. The van der Waals surface area contributed by atoms with Gasteiger partial charge in [0.05, 0.1) is 0 Å². The van der Waals surface area contributed by atoms with Gasteiger partial charge in [0.15, 0.2) is 0 Å². The van der Waals surface area contributed by atoms with E-state index in [0.717, 1.165) is 6.54 Å². The summed E-state index contributed by atoms with van der Waals surface area (Å²) in [6, 6.07) is 0. The van der Waals surface area contributed by atoms with E-state index in [0.29, 0.717) is 10.00 Å². The van der Waals surface area contributed by atoms with E-state index in [4.69, 9.17) is 0 Å². The molecule has 0 radical (unpaired) electrons. The van der Waals surface area contributed by atoms with Crippen LogP contribution in [0.2, 0.25) is 0 Å². The van der Waals surface area contributed by atoms with Crippen LogP contribution >= 0.6 is 11.8 Å². The summed E-state index contributed by atoms with van der Waals surface area (Å²) < 4.78 is 0.328. The monoisotopic (exact) mass is 187 g/mol. The van der Waals surface area contributed by atoms with Gasteiger partial charge in [-0.15, -0.1) is 18.3 Å². The van der Waals surface area contributed by atoms with Gasteiger partial charge in [-0.2, -0.15) is 0 Å². The Bertz CT molecular complexity index is 135. The van der Waals surface area contributed by atoms with E-state index in [1.807, 2.05) is 17.8 Å². The maximum atomic E-state index is 3.85. The molecule has 0 spiro atoms. The lowest BCUT2D eigenvalue weighted by molar-refractivity contribution is 0.421. The normalized spacial score (nSPS) is 14.8. The molecule has 0 aliphatic rings. The zero-order valence-electron chi connectivity index (χ0n) is 8.92. The first-order chi connectivity index (χ1) is 5.35. The SMILES string of the molecule is C=C[C@H](CN(C)C)SC(C)(C)C. The highest BCUT2D eigenvalue weighted by Crippen LogP contribution is 2.28. The largest absolute Gasteiger partial charge is 0.308 e. The van der Waals surface area contributed by atoms with E-state index in [1.54, 1.807) is 0 Å². The minimum absolute atomic E-state index is 0.328. The molecule has 1 nitrogen and oxygen atoms in total. The third-order valence-electron chi connectivity index (χ3n) is 1.31. The molecule has 0 unspecified atom stereocenters. The molecule has 72 valence electrons. The summed E-state index contributed by atoms with van der Waals surface area (Å²) in [6.45, 7) is 11.6. The summed E-state index contributed by atoms with van der Waals surface area (Å²) in [5.41, 5.74) is 0. The summed E-state index contributed by atoms with van der Waals surface area (Å²) in [6.07, 6.45) is 2.04. The summed E-state index contributed by atoms with van der Waals surface area (Å²) >= 11 is 1.97. The Labute approximate surface area is 81.2 Å². The van der Waals surface area contributed by atoms with Crippen molar-refractivity contribution in [2.24, 2.45) is 0 Å². The van der Waals surface area contributed by atoms with E-state index in [2.05, 4.69) is 46.3 Å². The van der Waals surface area contributed by atoms with Crippen molar-refractivity contribution in [1.29, 1.82) is 0 Å². The molecule has 0 heterocycles. The van der Waals surface area contributed by atoms with Crippen LogP contribution in [0.1, 0.15) is 20.8 Å². The molecule has 2 heteroatoms. The van der Waals surface area contributed by atoms with Crippen LogP contribution in [0.15, 0.2) is 12.7 Å².